The van der Waals surface area contributed by atoms with Crippen LogP contribution in [0.5, 0.6) is 0 Å². The number of fused-ring (bicyclic) bond motifs is 3. The summed E-state index contributed by atoms with van der Waals surface area (Å²) in [6, 6.07) is 0.945. The third-order valence-corrected chi connectivity index (χ3v) is 6.05. The summed E-state index contributed by atoms with van der Waals surface area (Å²) >= 11 is 0. The Morgan fingerprint density at radius 1 is 1.32 bits per heavy atom. The van der Waals surface area contributed by atoms with E-state index in [2.05, 4.69) is 10.4 Å². The van der Waals surface area contributed by atoms with Gasteiger partial charge in [0.15, 0.2) is 5.67 Å². The van der Waals surface area contributed by atoms with E-state index in [0.717, 1.165) is 11.0 Å². The Bertz CT molecular complexity index is 1150. The highest BCUT2D eigenvalue weighted by molar-refractivity contribution is 5.95. The van der Waals surface area contributed by atoms with Gasteiger partial charge in [0.2, 0.25) is 0 Å². The van der Waals surface area contributed by atoms with E-state index in [4.69, 9.17) is 0 Å². The number of anilines is 1. The number of aliphatic hydroxyl groups is 1. The van der Waals surface area contributed by atoms with Crippen LogP contribution in [-0.4, -0.2) is 68.5 Å². The third-order valence-electron chi connectivity index (χ3n) is 6.05. The number of nitrogens with one attached hydrogen (secondary N) is 1. The Labute approximate surface area is 190 Å². The highest BCUT2D eigenvalue weighted by Gasteiger charge is 2.42. The molecule has 2 aliphatic rings. The second-order valence-electron chi connectivity index (χ2n) is 8.71. The lowest BCUT2D eigenvalue weighted by atomic mass is 9.99. The maximum absolute atomic E-state index is 15.0. The van der Waals surface area contributed by atoms with Crippen molar-refractivity contribution in [2.75, 3.05) is 25.5 Å². The summed E-state index contributed by atoms with van der Waals surface area (Å²) in [5, 5.41) is 16.2. The van der Waals surface area contributed by atoms with E-state index in [1.807, 2.05) is 0 Å². The molecule has 0 saturated carbocycles. The van der Waals surface area contributed by atoms with Crippen molar-refractivity contribution < 1.29 is 36.6 Å². The fourth-order valence-corrected chi connectivity index (χ4v) is 4.33. The second kappa shape index (κ2) is 8.22. The van der Waals surface area contributed by atoms with Gasteiger partial charge in [-0.1, -0.05) is 0 Å². The first-order valence-corrected chi connectivity index (χ1v) is 10.4. The Hall–Kier alpha value is -3.22. The summed E-state index contributed by atoms with van der Waals surface area (Å²) in [7, 11) is 1.39. The van der Waals surface area contributed by atoms with E-state index in [9.17, 15) is 32.3 Å². The van der Waals surface area contributed by atoms with E-state index in [1.165, 1.54) is 16.6 Å². The van der Waals surface area contributed by atoms with Gasteiger partial charge < -0.3 is 20.2 Å². The van der Waals surface area contributed by atoms with Crippen LogP contribution in [0.15, 0.2) is 18.2 Å². The van der Waals surface area contributed by atoms with Crippen molar-refractivity contribution in [3.8, 4) is 0 Å². The average molecular weight is 487 g/mol. The molecule has 0 bridgehead atoms. The molecular formula is C21H22F5N5O3. The number of nitrogens with zero attached hydrogens (tertiary/aromatic N) is 4. The Kier molecular flexibility index (Phi) is 5.78. The molecule has 0 fully saturated rings. The normalized spacial score (nSPS) is 22.8. The molecule has 184 valence electrons. The number of benzene rings is 1. The van der Waals surface area contributed by atoms with Crippen LogP contribution >= 0.6 is 0 Å². The summed E-state index contributed by atoms with van der Waals surface area (Å²) in [6.07, 6.45) is -4.71. The number of aliphatic hydroxyl groups excluding tert-OH is 1. The molecule has 2 aromatic rings. The van der Waals surface area contributed by atoms with Crippen LogP contribution in [0.2, 0.25) is 0 Å². The highest BCUT2D eigenvalue weighted by Crippen LogP contribution is 2.34. The first-order chi connectivity index (χ1) is 15.8. The van der Waals surface area contributed by atoms with Gasteiger partial charge >= 0.3 is 12.2 Å². The fourth-order valence-electron chi connectivity index (χ4n) is 4.33. The number of amides is 3. The summed E-state index contributed by atoms with van der Waals surface area (Å²) < 4.78 is 68.8. The molecule has 1 aromatic heterocycles. The number of hydrogen-bond donors (Lipinski definition) is 2. The Morgan fingerprint density at radius 3 is 2.68 bits per heavy atom. The second-order valence-corrected chi connectivity index (χ2v) is 8.71. The molecule has 2 aliphatic heterocycles. The van der Waals surface area contributed by atoms with Gasteiger partial charge in [0, 0.05) is 30.8 Å². The van der Waals surface area contributed by atoms with Gasteiger partial charge in [-0.25, -0.2) is 13.6 Å². The Morgan fingerprint density at radius 2 is 2.03 bits per heavy atom. The number of alkyl halides is 4. The van der Waals surface area contributed by atoms with Crippen molar-refractivity contribution in [3.05, 3.63) is 46.5 Å². The molecule has 13 heteroatoms. The Balaban J connectivity index is 1.62. The molecule has 0 radical (unpaired) electrons. The van der Waals surface area contributed by atoms with Crippen LogP contribution in [-0.2, 0) is 25.7 Å². The topological polar surface area (TPSA) is 90.7 Å². The molecule has 4 rings (SSSR count). The van der Waals surface area contributed by atoms with Crippen LogP contribution in [0.25, 0.3) is 0 Å². The van der Waals surface area contributed by atoms with E-state index >= 15 is 4.39 Å². The summed E-state index contributed by atoms with van der Waals surface area (Å²) in [4.78, 5) is 28.3. The summed E-state index contributed by atoms with van der Waals surface area (Å²) in [6.45, 7) is 0.103. The molecule has 1 aromatic carbocycles. The first kappa shape index (κ1) is 23.9. The van der Waals surface area contributed by atoms with Crippen molar-refractivity contribution in [2.45, 2.75) is 44.3 Å². The lowest BCUT2D eigenvalue weighted by Crippen LogP contribution is -2.45. The molecule has 0 aliphatic carbocycles. The van der Waals surface area contributed by atoms with Crippen molar-refractivity contribution in [3.63, 3.8) is 0 Å². The minimum Gasteiger partial charge on any atom is -0.393 e. The number of rotatable bonds is 2. The largest absolute Gasteiger partial charge is 0.419 e. The van der Waals surface area contributed by atoms with E-state index < -0.39 is 47.8 Å². The lowest BCUT2D eigenvalue weighted by molar-refractivity contribution is -0.139. The molecular weight excluding hydrogens is 465 g/mol. The van der Waals surface area contributed by atoms with E-state index in [0.29, 0.717) is 23.4 Å². The lowest BCUT2D eigenvalue weighted by Gasteiger charge is -2.33. The fraction of sp³-hybridized carbons (Fsp3) is 0.476. The maximum Gasteiger partial charge on any atom is 0.419 e. The predicted molar refractivity (Wildman–Crippen MR) is 109 cm³/mol. The molecule has 8 nitrogen and oxygen atoms in total. The molecule has 0 saturated heterocycles. The number of hydrogen-bond acceptors (Lipinski definition) is 4. The van der Waals surface area contributed by atoms with Gasteiger partial charge in [0.05, 0.1) is 37.5 Å². The number of urea groups is 1. The number of halogens is 5. The van der Waals surface area contributed by atoms with Crippen molar-refractivity contribution in [1.82, 2.24) is 19.6 Å². The zero-order chi connectivity index (χ0) is 25.0. The number of carbonyl (C=O) groups excluding carboxylic acids is 2. The van der Waals surface area contributed by atoms with Crippen LogP contribution < -0.4 is 5.32 Å². The third kappa shape index (κ3) is 4.19. The van der Waals surface area contributed by atoms with Crippen LogP contribution in [0.3, 0.4) is 0 Å². The molecule has 2 atom stereocenters. The average Bonchev–Trinajstić information content (AvgIpc) is 3.04. The molecule has 0 spiro atoms. The predicted octanol–water partition coefficient (Wildman–Crippen LogP) is 2.81. The molecule has 3 amide bonds. The zero-order valence-corrected chi connectivity index (χ0v) is 18.3. The SMILES string of the molecule is C[C@@H]1Cc2nn3c(c2CN1C(=O)Nc1ccc(F)c(C(F)(F)F)c1)C(=O)N(C)CC(F)(CO)C3. The van der Waals surface area contributed by atoms with Crippen LogP contribution in [0.4, 0.5) is 32.4 Å². The van der Waals surface area contributed by atoms with Gasteiger partial charge in [-0.05, 0) is 25.1 Å². The van der Waals surface area contributed by atoms with Crippen molar-refractivity contribution in [1.29, 1.82) is 0 Å². The van der Waals surface area contributed by atoms with Crippen LogP contribution in [0.1, 0.15) is 34.2 Å². The highest BCUT2D eigenvalue weighted by atomic mass is 19.4. The quantitative estimate of drug-likeness (QED) is 0.638. The van der Waals surface area contributed by atoms with Gasteiger partial charge in [-0.3, -0.25) is 9.48 Å². The number of carbonyl (C=O) groups is 2. The smallest absolute Gasteiger partial charge is 0.393 e. The molecule has 34 heavy (non-hydrogen) atoms. The number of aromatic nitrogens is 2. The summed E-state index contributed by atoms with van der Waals surface area (Å²) in [5.41, 5.74) is -2.85. The van der Waals surface area contributed by atoms with Crippen LogP contribution in [0, 0.1) is 5.82 Å². The minimum absolute atomic E-state index is 0.0938. The van der Waals surface area contributed by atoms with Gasteiger partial charge in [-0.15, -0.1) is 0 Å². The molecule has 3 heterocycles. The van der Waals surface area contributed by atoms with E-state index in [-0.39, 0.29) is 37.4 Å². The standard InChI is InChI=1S/C21H22F5N5O3/c1-11-5-16-13(17-18(33)29(2)8-20(23,10-32)9-31(17)28-16)7-30(11)19(34)27-12-3-4-15(22)14(6-12)21(24,25)26/h3-4,6,11,32H,5,7-10H2,1-2H3,(H,27,34)/t11-,20?/m1/s1. The van der Waals surface area contributed by atoms with Gasteiger partial charge in [0.1, 0.15) is 11.5 Å². The van der Waals surface area contributed by atoms with Crippen molar-refractivity contribution in [2.24, 2.45) is 0 Å². The monoisotopic (exact) mass is 487 g/mol. The minimum atomic E-state index is -4.93. The zero-order valence-electron chi connectivity index (χ0n) is 18.3. The summed E-state index contributed by atoms with van der Waals surface area (Å²) in [5.74, 6) is -1.98. The van der Waals surface area contributed by atoms with Gasteiger partial charge in [0.25, 0.3) is 5.91 Å². The van der Waals surface area contributed by atoms with Crippen molar-refractivity contribution >= 4 is 17.6 Å². The maximum atomic E-state index is 15.0. The molecule has 1 unspecified atom stereocenters. The van der Waals surface area contributed by atoms with Gasteiger partial charge in [-0.2, -0.15) is 18.3 Å². The first-order valence-electron chi connectivity index (χ1n) is 10.4. The van der Waals surface area contributed by atoms with E-state index in [1.54, 1.807) is 6.92 Å². The molecule has 2 N–H and O–H groups in total.